The maximum Gasteiger partial charge on any atom is 0.207 e. The molecule has 0 bridgehead atoms. The Morgan fingerprint density at radius 3 is 1.73 bits per heavy atom. The summed E-state index contributed by atoms with van der Waals surface area (Å²) >= 11 is 0. The highest BCUT2D eigenvalue weighted by atomic mass is 16.3. The Balaban J connectivity index is -0.000000177. The largest absolute Gasteiger partial charge is 0.389 e. The zero-order valence-electron chi connectivity index (χ0n) is 11.2. The molecule has 0 saturated carbocycles. The second kappa shape index (κ2) is 13.4. The Hall–Kier alpha value is -0.610. The average Bonchev–Trinajstić information content (AvgIpc) is 2.17. The molecule has 0 aliphatic rings. The molecule has 0 aromatic rings. The Kier molecular flexibility index (Phi) is 17.8. The number of rotatable bonds is 4. The number of hydrogen-bond donors (Lipinski definition) is 3. The van der Waals surface area contributed by atoms with Crippen molar-refractivity contribution in [2.24, 2.45) is 0 Å². The first-order chi connectivity index (χ1) is 6.83. The highest BCUT2D eigenvalue weighted by Crippen LogP contribution is 1.95. The molecule has 3 N–H and O–H groups in total. The molecule has 0 aliphatic heterocycles. The molecule has 0 rings (SSSR count). The van der Waals surface area contributed by atoms with E-state index >= 15 is 0 Å². The van der Waals surface area contributed by atoms with Crippen LogP contribution in [-0.4, -0.2) is 36.8 Å². The highest BCUT2D eigenvalue weighted by molar-refractivity contribution is 5.45. The van der Waals surface area contributed by atoms with Gasteiger partial charge < -0.3 is 15.7 Å². The van der Waals surface area contributed by atoms with Crippen molar-refractivity contribution in [3.63, 3.8) is 0 Å². The van der Waals surface area contributed by atoms with Crippen LogP contribution < -0.4 is 10.6 Å². The quantitative estimate of drug-likeness (QED) is 0.623. The van der Waals surface area contributed by atoms with Crippen LogP contribution in [0.25, 0.3) is 0 Å². The molecule has 0 spiro atoms. The molecule has 0 heterocycles. The van der Waals surface area contributed by atoms with E-state index in [4.69, 9.17) is 5.11 Å². The lowest BCUT2D eigenvalue weighted by molar-refractivity contribution is -0.110. The van der Waals surface area contributed by atoms with Gasteiger partial charge in [0.15, 0.2) is 0 Å². The lowest BCUT2D eigenvalue weighted by Crippen LogP contribution is -2.33. The molecular weight excluding hydrogens is 192 g/mol. The van der Waals surface area contributed by atoms with E-state index in [1.165, 1.54) is 0 Å². The molecule has 0 aromatic heterocycles. The van der Waals surface area contributed by atoms with Crippen LogP contribution in [0.2, 0.25) is 0 Å². The smallest absolute Gasteiger partial charge is 0.207 e. The van der Waals surface area contributed by atoms with Crippen LogP contribution in [0.3, 0.4) is 0 Å². The van der Waals surface area contributed by atoms with Crippen molar-refractivity contribution in [1.82, 2.24) is 10.6 Å². The molecule has 0 aromatic carbocycles. The number of amides is 1. The van der Waals surface area contributed by atoms with Gasteiger partial charge in [-0.1, -0.05) is 27.7 Å². The van der Waals surface area contributed by atoms with E-state index in [2.05, 4.69) is 24.5 Å². The lowest BCUT2D eigenvalue weighted by atomic mass is 10.1. The van der Waals surface area contributed by atoms with Gasteiger partial charge in [-0.05, 0) is 20.9 Å². The summed E-state index contributed by atoms with van der Waals surface area (Å²) in [4.78, 5) is 9.63. The second-order valence-electron chi connectivity index (χ2n) is 3.75. The number of nitrogens with one attached hydrogen (secondary N) is 2. The number of hydrogen-bond acceptors (Lipinski definition) is 3. The van der Waals surface area contributed by atoms with E-state index in [1.807, 2.05) is 20.9 Å². The van der Waals surface area contributed by atoms with Crippen LogP contribution in [0.4, 0.5) is 0 Å². The van der Waals surface area contributed by atoms with E-state index in [-0.39, 0.29) is 0 Å². The van der Waals surface area contributed by atoms with Crippen LogP contribution >= 0.6 is 0 Å². The third kappa shape index (κ3) is 42.5. The van der Waals surface area contributed by atoms with E-state index in [9.17, 15) is 4.79 Å². The minimum absolute atomic E-state index is 0.302. The maximum absolute atomic E-state index is 9.63. The van der Waals surface area contributed by atoms with Gasteiger partial charge in [-0.15, -0.1) is 0 Å². The molecule has 15 heavy (non-hydrogen) atoms. The van der Waals surface area contributed by atoms with Crippen LogP contribution in [-0.2, 0) is 4.79 Å². The van der Waals surface area contributed by atoms with Crippen LogP contribution in [0.15, 0.2) is 0 Å². The predicted molar refractivity (Wildman–Crippen MR) is 65.9 cm³/mol. The zero-order chi connectivity index (χ0) is 12.9. The maximum atomic E-state index is 9.63. The van der Waals surface area contributed by atoms with Crippen LogP contribution in [0, 0.1) is 0 Å². The molecule has 0 atom stereocenters. The third-order valence-electron chi connectivity index (χ3n) is 1.20. The first kappa shape index (κ1) is 19.9. The van der Waals surface area contributed by atoms with Crippen molar-refractivity contribution in [3.05, 3.63) is 0 Å². The summed E-state index contributed by atoms with van der Waals surface area (Å²) in [6, 6.07) is 0.634. The van der Waals surface area contributed by atoms with E-state index in [0.717, 1.165) is 0 Å². The molecular formula is C11H28N2O2. The SMILES string of the molecule is CC.CC(C)(O)CNC=O.CNC(C)C. The van der Waals surface area contributed by atoms with Crippen LogP contribution in [0.1, 0.15) is 41.5 Å². The van der Waals surface area contributed by atoms with Crippen molar-refractivity contribution >= 4 is 6.41 Å². The van der Waals surface area contributed by atoms with Gasteiger partial charge in [0, 0.05) is 12.6 Å². The van der Waals surface area contributed by atoms with Gasteiger partial charge in [0.25, 0.3) is 0 Å². The highest BCUT2D eigenvalue weighted by Gasteiger charge is 2.09. The predicted octanol–water partition coefficient (Wildman–Crippen LogP) is 1.14. The van der Waals surface area contributed by atoms with Gasteiger partial charge in [-0.25, -0.2) is 0 Å². The fraction of sp³-hybridized carbons (Fsp3) is 0.909. The number of aliphatic hydroxyl groups is 1. The minimum atomic E-state index is -0.791. The van der Waals surface area contributed by atoms with Crippen molar-refractivity contribution in [3.8, 4) is 0 Å². The monoisotopic (exact) mass is 220 g/mol. The summed E-state index contributed by atoms with van der Waals surface area (Å²) < 4.78 is 0. The molecule has 0 radical (unpaired) electrons. The normalized spacial score (nSPS) is 9.40. The topological polar surface area (TPSA) is 61.4 Å². The third-order valence-corrected chi connectivity index (χ3v) is 1.20. The van der Waals surface area contributed by atoms with Crippen molar-refractivity contribution in [1.29, 1.82) is 0 Å². The fourth-order valence-electron chi connectivity index (χ4n) is 0.291. The fourth-order valence-corrected chi connectivity index (χ4v) is 0.291. The first-order valence-electron chi connectivity index (χ1n) is 5.40. The number of carbonyl (C=O) groups excluding carboxylic acids is 1. The standard InChI is InChI=1S/C5H11NO2.C4H11N.C2H6/c1-5(2,8)3-6-4-7;1-4(2)5-3;1-2/h4,8H,3H2,1-2H3,(H,6,7);4-5H,1-3H3;1-2H3. The Bertz CT molecular complexity index is 120. The Morgan fingerprint density at radius 2 is 1.67 bits per heavy atom. The molecule has 0 fully saturated rings. The molecule has 4 heteroatoms. The van der Waals surface area contributed by atoms with Crippen LogP contribution in [0.5, 0.6) is 0 Å². The molecule has 0 unspecified atom stereocenters. The van der Waals surface area contributed by atoms with Crippen molar-refractivity contribution < 1.29 is 9.90 Å². The number of carbonyl (C=O) groups is 1. The summed E-state index contributed by atoms with van der Waals surface area (Å²) in [5, 5.41) is 14.3. The Morgan fingerprint density at radius 1 is 1.33 bits per heavy atom. The van der Waals surface area contributed by atoms with Gasteiger partial charge in [0.2, 0.25) is 6.41 Å². The van der Waals surface area contributed by atoms with Gasteiger partial charge in [0.05, 0.1) is 5.60 Å². The van der Waals surface area contributed by atoms with Crippen molar-refractivity contribution in [2.45, 2.75) is 53.2 Å². The second-order valence-corrected chi connectivity index (χ2v) is 3.75. The van der Waals surface area contributed by atoms with E-state index in [1.54, 1.807) is 13.8 Å². The minimum Gasteiger partial charge on any atom is -0.389 e. The van der Waals surface area contributed by atoms with Gasteiger partial charge in [-0.3, -0.25) is 4.79 Å². The first-order valence-corrected chi connectivity index (χ1v) is 5.40. The summed E-state index contributed by atoms with van der Waals surface area (Å²) in [6.07, 6.45) is 0.567. The molecule has 94 valence electrons. The summed E-state index contributed by atoms with van der Waals surface area (Å²) in [5.74, 6) is 0. The lowest BCUT2D eigenvalue weighted by Gasteiger charge is -2.14. The molecule has 0 aliphatic carbocycles. The molecule has 1 amide bonds. The molecule has 4 nitrogen and oxygen atoms in total. The van der Waals surface area contributed by atoms with Gasteiger partial charge in [0.1, 0.15) is 0 Å². The van der Waals surface area contributed by atoms with Crippen molar-refractivity contribution in [2.75, 3.05) is 13.6 Å². The zero-order valence-corrected chi connectivity index (χ0v) is 11.2. The summed E-state index contributed by atoms with van der Waals surface area (Å²) in [6.45, 7) is 11.8. The van der Waals surface area contributed by atoms with E-state index < -0.39 is 5.60 Å². The molecule has 0 saturated heterocycles. The average molecular weight is 220 g/mol. The van der Waals surface area contributed by atoms with Gasteiger partial charge in [-0.2, -0.15) is 0 Å². The van der Waals surface area contributed by atoms with E-state index in [0.29, 0.717) is 19.0 Å². The summed E-state index contributed by atoms with van der Waals surface area (Å²) in [7, 11) is 1.95. The Labute approximate surface area is 94.5 Å². The summed E-state index contributed by atoms with van der Waals surface area (Å²) in [5.41, 5.74) is -0.791. The van der Waals surface area contributed by atoms with Gasteiger partial charge >= 0.3 is 0 Å².